The third-order valence-electron chi connectivity index (χ3n) is 4.94. The molecule has 0 aliphatic rings. The summed E-state index contributed by atoms with van der Waals surface area (Å²) in [6.07, 6.45) is 1.83. The highest BCUT2D eigenvalue weighted by atomic mass is 16.1. The number of fused-ring (bicyclic) bond motifs is 3. The number of nitrogens with zero attached hydrogens (tertiary/aromatic N) is 1. The minimum Gasteiger partial charge on any atom is -0.267 e. The van der Waals surface area contributed by atoms with Gasteiger partial charge in [-0.15, -0.1) is 0 Å². The molecule has 2 N–H and O–H groups in total. The number of aromatic nitrogens is 2. The SMILES string of the molecule is O=c1[nH][nH]c(=O)c2cc(N=Cc3c4ccccc4cc4ccccc34)ccc12. The Hall–Kier alpha value is -3.99. The van der Waals surface area contributed by atoms with Gasteiger partial charge in [0.2, 0.25) is 0 Å². The summed E-state index contributed by atoms with van der Waals surface area (Å²) < 4.78 is 0. The summed E-state index contributed by atoms with van der Waals surface area (Å²) in [5, 5.41) is 9.85. The molecule has 5 aromatic rings. The lowest BCUT2D eigenvalue weighted by Crippen LogP contribution is -2.18. The second-order valence-corrected chi connectivity index (χ2v) is 6.63. The van der Waals surface area contributed by atoms with Crippen molar-refractivity contribution in [1.82, 2.24) is 10.2 Å². The smallest absolute Gasteiger partial charge is 0.267 e. The van der Waals surface area contributed by atoms with Gasteiger partial charge in [0.25, 0.3) is 11.1 Å². The summed E-state index contributed by atoms with van der Waals surface area (Å²) in [5.41, 5.74) is 0.960. The number of nitrogens with one attached hydrogen (secondary N) is 2. The number of aromatic amines is 2. The van der Waals surface area contributed by atoms with Crippen molar-refractivity contribution in [3.63, 3.8) is 0 Å². The van der Waals surface area contributed by atoms with Gasteiger partial charge < -0.3 is 0 Å². The number of hydrogen-bond acceptors (Lipinski definition) is 3. The molecule has 0 radical (unpaired) electrons. The van der Waals surface area contributed by atoms with Crippen LogP contribution in [0, 0.1) is 0 Å². The van der Waals surface area contributed by atoms with Crippen LogP contribution >= 0.6 is 0 Å². The van der Waals surface area contributed by atoms with Crippen molar-refractivity contribution in [2.45, 2.75) is 0 Å². The van der Waals surface area contributed by atoms with E-state index in [1.54, 1.807) is 18.2 Å². The minimum atomic E-state index is -0.345. The predicted molar refractivity (Wildman–Crippen MR) is 114 cm³/mol. The monoisotopic (exact) mass is 365 g/mol. The Morgan fingerprint density at radius 1 is 0.643 bits per heavy atom. The number of benzene rings is 4. The lowest BCUT2D eigenvalue weighted by atomic mass is 9.97. The van der Waals surface area contributed by atoms with E-state index in [0.717, 1.165) is 27.1 Å². The third kappa shape index (κ3) is 2.61. The topological polar surface area (TPSA) is 78.1 Å². The number of aliphatic imine (C=N–C) groups is 1. The average molecular weight is 365 g/mol. The largest absolute Gasteiger partial charge is 0.270 e. The summed E-state index contributed by atoms with van der Waals surface area (Å²) in [6.45, 7) is 0. The van der Waals surface area contributed by atoms with Crippen LogP contribution in [0.3, 0.4) is 0 Å². The van der Waals surface area contributed by atoms with Gasteiger partial charge in [0.15, 0.2) is 0 Å². The summed E-state index contributed by atoms with van der Waals surface area (Å²) in [6, 6.07) is 23.5. The van der Waals surface area contributed by atoms with E-state index in [1.165, 1.54) is 0 Å². The molecule has 1 heterocycles. The second kappa shape index (κ2) is 6.32. The molecule has 134 valence electrons. The van der Waals surface area contributed by atoms with Gasteiger partial charge >= 0.3 is 0 Å². The van der Waals surface area contributed by atoms with Crippen LogP contribution in [-0.2, 0) is 0 Å². The van der Waals surface area contributed by atoms with Crippen LogP contribution in [0.2, 0.25) is 0 Å². The van der Waals surface area contributed by atoms with Gasteiger partial charge in [-0.25, -0.2) is 0 Å². The van der Waals surface area contributed by atoms with E-state index in [2.05, 4.69) is 45.5 Å². The van der Waals surface area contributed by atoms with E-state index in [9.17, 15) is 9.59 Å². The molecule has 1 aromatic heterocycles. The van der Waals surface area contributed by atoms with Crippen LogP contribution < -0.4 is 11.1 Å². The van der Waals surface area contributed by atoms with Gasteiger partial charge in [-0.05, 0) is 45.8 Å². The Balaban J connectivity index is 1.72. The first-order chi connectivity index (χ1) is 13.7. The molecule has 5 nitrogen and oxygen atoms in total. The fourth-order valence-electron chi connectivity index (χ4n) is 3.57. The minimum absolute atomic E-state index is 0.321. The van der Waals surface area contributed by atoms with Crippen molar-refractivity contribution in [3.8, 4) is 0 Å². The Morgan fingerprint density at radius 2 is 1.25 bits per heavy atom. The molecule has 0 atom stereocenters. The van der Waals surface area contributed by atoms with Gasteiger partial charge in [0, 0.05) is 11.8 Å². The highest BCUT2D eigenvalue weighted by Gasteiger charge is 2.06. The number of rotatable bonds is 2. The van der Waals surface area contributed by atoms with E-state index in [1.807, 2.05) is 30.5 Å². The summed E-state index contributed by atoms with van der Waals surface area (Å²) in [4.78, 5) is 28.5. The molecule has 0 fully saturated rings. The fourth-order valence-corrected chi connectivity index (χ4v) is 3.57. The molecule has 28 heavy (non-hydrogen) atoms. The first-order valence-electron chi connectivity index (χ1n) is 8.90. The van der Waals surface area contributed by atoms with Crippen molar-refractivity contribution in [2.24, 2.45) is 4.99 Å². The zero-order valence-electron chi connectivity index (χ0n) is 14.8. The molecule has 0 aliphatic carbocycles. The maximum atomic E-state index is 12.0. The van der Waals surface area contributed by atoms with Crippen molar-refractivity contribution >= 4 is 44.2 Å². The lowest BCUT2D eigenvalue weighted by molar-refractivity contribution is 0.976. The van der Waals surface area contributed by atoms with Gasteiger partial charge in [-0.1, -0.05) is 48.5 Å². The molecule has 4 aromatic carbocycles. The Bertz CT molecular complexity index is 1460. The van der Waals surface area contributed by atoms with E-state index in [-0.39, 0.29) is 11.1 Å². The molecular weight excluding hydrogens is 350 g/mol. The summed E-state index contributed by atoms with van der Waals surface area (Å²) in [5.74, 6) is 0. The zero-order valence-corrected chi connectivity index (χ0v) is 14.8. The standard InChI is InChI=1S/C23H15N3O2/c27-22-19-10-9-16(12-20(19)23(28)26-25-22)24-13-21-17-7-3-1-5-14(17)11-15-6-2-4-8-18(15)21/h1-13H,(H,25,27)(H,26,28). The highest BCUT2D eigenvalue weighted by molar-refractivity contribution is 6.13. The van der Waals surface area contributed by atoms with Crippen LogP contribution in [0.25, 0.3) is 32.3 Å². The number of H-pyrrole nitrogens is 2. The first-order valence-corrected chi connectivity index (χ1v) is 8.90. The van der Waals surface area contributed by atoms with Gasteiger partial charge in [-0.3, -0.25) is 24.8 Å². The number of hydrogen-bond donors (Lipinski definition) is 2. The maximum absolute atomic E-state index is 12.0. The second-order valence-electron chi connectivity index (χ2n) is 6.63. The van der Waals surface area contributed by atoms with E-state index in [0.29, 0.717) is 16.5 Å². The summed E-state index contributed by atoms with van der Waals surface area (Å²) >= 11 is 0. The third-order valence-corrected chi connectivity index (χ3v) is 4.94. The molecule has 5 rings (SSSR count). The van der Waals surface area contributed by atoms with Crippen LogP contribution in [-0.4, -0.2) is 16.4 Å². The fraction of sp³-hybridized carbons (Fsp3) is 0. The van der Waals surface area contributed by atoms with Crippen LogP contribution in [0.4, 0.5) is 5.69 Å². The molecule has 0 spiro atoms. The van der Waals surface area contributed by atoms with Crippen LogP contribution in [0.5, 0.6) is 0 Å². The van der Waals surface area contributed by atoms with Crippen LogP contribution in [0.15, 0.2) is 87.4 Å². The normalized spacial score (nSPS) is 11.7. The van der Waals surface area contributed by atoms with E-state index in [4.69, 9.17) is 0 Å². The Kier molecular flexibility index (Phi) is 3.66. The molecule has 5 heteroatoms. The predicted octanol–water partition coefficient (Wildman–Crippen LogP) is 4.27. The van der Waals surface area contributed by atoms with Crippen LogP contribution in [0.1, 0.15) is 5.56 Å². The van der Waals surface area contributed by atoms with Gasteiger partial charge in [-0.2, -0.15) is 0 Å². The maximum Gasteiger partial charge on any atom is 0.270 e. The molecule has 0 bridgehead atoms. The van der Waals surface area contributed by atoms with Gasteiger partial charge in [0.1, 0.15) is 0 Å². The average Bonchev–Trinajstić information content (AvgIpc) is 2.74. The summed E-state index contributed by atoms with van der Waals surface area (Å²) in [7, 11) is 0. The molecule has 0 saturated carbocycles. The lowest BCUT2D eigenvalue weighted by Gasteiger charge is -2.08. The van der Waals surface area contributed by atoms with Crippen molar-refractivity contribution in [3.05, 3.63) is 99.1 Å². The van der Waals surface area contributed by atoms with Crippen molar-refractivity contribution < 1.29 is 0 Å². The van der Waals surface area contributed by atoms with Crippen molar-refractivity contribution in [2.75, 3.05) is 0 Å². The molecule has 0 saturated heterocycles. The molecule has 0 unspecified atom stereocenters. The Morgan fingerprint density at radius 3 is 1.93 bits per heavy atom. The van der Waals surface area contributed by atoms with E-state index < -0.39 is 0 Å². The quantitative estimate of drug-likeness (QED) is 0.362. The highest BCUT2D eigenvalue weighted by Crippen LogP contribution is 2.28. The van der Waals surface area contributed by atoms with E-state index >= 15 is 0 Å². The molecular formula is C23H15N3O2. The van der Waals surface area contributed by atoms with Crippen molar-refractivity contribution in [1.29, 1.82) is 0 Å². The zero-order chi connectivity index (χ0) is 19.1. The van der Waals surface area contributed by atoms with Gasteiger partial charge in [0.05, 0.1) is 16.5 Å². The Labute approximate surface area is 159 Å². The molecule has 0 aliphatic heterocycles. The first kappa shape index (κ1) is 16.2. The molecule has 0 amide bonds.